The number of halogens is 1. The second-order valence-corrected chi connectivity index (χ2v) is 6.89. The lowest BCUT2D eigenvalue weighted by Gasteiger charge is -2.35. The maximum Gasteiger partial charge on any atom is 0.0459 e. The van der Waals surface area contributed by atoms with Crippen LogP contribution >= 0.6 is 11.6 Å². The molecule has 1 unspecified atom stereocenters. The van der Waals surface area contributed by atoms with Crippen LogP contribution in [0.4, 0.5) is 5.69 Å². The third-order valence-electron chi connectivity index (χ3n) is 4.52. The van der Waals surface area contributed by atoms with Gasteiger partial charge >= 0.3 is 0 Å². The van der Waals surface area contributed by atoms with Crippen LogP contribution in [0.15, 0.2) is 18.2 Å². The fourth-order valence-electron chi connectivity index (χ4n) is 3.11. The van der Waals surface area contributed by atoms with Crippen LogP contribution in [0.5, 0.6) is 0 Å². The smallest absolute Gasteiger partial charge is 0.0459 e. The number of rotatable bonds is 4. The topological polar surface area (TPSA) is 29.3 Å². The molecule has 1 aliphatic rings. The molecule has 1 aliphatic carbocycles. The molecule has 0 saturated heterocycles. The molecule has 2 N–H and O–H groups in total. The maximum atomic E-state index is 6.40. The quantitative estimate of drug-likeness (QED) is 0.900. The standard InChI is InChI=1S/C17H27ClN2/c1-12-4-7-15(8-5-12)20(3)16-9-6-14(10-13(2)19)17(18)11-16/h6,9,11-13,15H,4-5,7-8,10,19H2,1-3H3. The number of hydrogen-bond acceptors (Lipinski definition) is 2. The van der Waals surface area contributed by atoms with Gasteiger partial charge in [-0.1, -0.05) is 24.6 Å². The van der Waals surface area contributed by atoms with Gasteiger partial charge in [0.2, 0.25) is 0 Å². The molecule has 1 aromatic rings. The van der Waals surface area contributed by atoms with Crippen LogP contribution in [-0.4, -0.2) is 19.1 Å². The summed E-state index contributed by atoms with van der Waals surface area (Å²) >= 11 is 6.40. The minimum atomic E-state index is 0.149. The summed E-state index contributed by atoms with van der Waals surface area (Å²) in [6, 6.07) is 7.21. The Kier molecular flexibility index (Phi) is 5.34. The molecule has 2 rings (SSSR count). The highest BCUT2D eigenvalue weighted by Gasteiger charge is 2.22. The van der Waals surface area contributed by atoms with Crippen molar-refractivity contribution in [2.75, 3.05) is 11.9 Å². The normalized spacial score (nSPS) is 24.4. The van der Waals surface area contributed by atoms with E-state index in [0.717, 1.165) is 22.9 Å². The van der Waals surface area contributed by atoms with Crippen molar-refractivity contribution in [3.8, 4) is 0 Å². The van der Waals surface area contributed by atoms with E-state index < -0.39 is 0 Å². The Morgan fingerprint density at radius 2 is 1.95 bits per heavy atom. The van der Waals surface area contributed by atoms with E-state index in [2.05, 4.69) is 37.1 Å². The molecule has 0 aromatic heterocycles. The number of nitrogens with zero attached hydrogens (tertiary/aromatic N) is 1. The highest BCUT2D eigenvalue weighted by Crippen LogP contribution is 2.31. The Morgan fingerprint density at radius 3 is 2.50 bits per heavy atom. The molecule has 1 saturated carbocycles. The maximum absolute atomic E-state index is 6.40. The Labute approximate surface area is 128 Å². The molecular weight excluding hydrogens is 268 g/mol. The van der Waals surface area contributed by atoms with Gasteiger partial charge in [-0.15, -0.1) is 0 Å². The van der Waals surface area contributed by atoms with Gasteiger partial charge in [0, 0.05) is 29.8 Å². The van der Waals surface area contributed by atoms with Gasteiger partial charge in [-0.2, -0.15) is 0 Å². The molecule has 0 amide bonds. The van der Waals surface area contributed by atoms with E-state index in [1.54, 1.807) is 0 Å². The molecule has 20 heavy (non-hydrogen) atoms. The molecule has 1 atom stereocenters. The van der Waals surface area contributed by atoms with Crippen molar-refractivity contribution in [2.24, 2.45) is 11.7 Å². The number of hydrogen-bond donors (Lipinski definition) is 1. The summed E-state index contributed by atoms with van der Waals surface area (Å²) in [6.45, 7) is 4.37. The summed E-state index contributed by atoms with van der Waals surface area (Å²) in [5.41, 5.74) is 8.23. The van der Waals surface area contributed by atoms with Crippen LogP contribution in [0.2, 0.25) is 5.02 Å². The Morgan fingerprint density at radius 1 is 1.30 bits per heavy atom. The fraction of sp³-hybridized carbons (Fsp3) is 0.647. The van der Waals surface area contributed by atoms with Crippen LogP contribution in [0.1, 0.15) is 45.1 Å². The van der Waals surface area contributed by atoms with Gasteiger partial charge in [0.05, 0.1) is 0 Å². The van der Waals surface area contributed by atoms with E-state index in [4.69, 9.17) is 17.3 Å². The van der Waals surface area contributed by atoms with E-state index in [-0.39, 0.29) is 6.04 Å². The predicted octanol–water partition coefficient (Wildman–Crippen LogP) is 4.24. The summed E-state index contributed by atoms with van der Waals surface area (Å²) in [6.07, 6.45) is 6.09. The molecule has 1 aromatic carbocycles. The van der Waals surface area contributed by atoms with Crippen molar-refractivity contribution in [1.29, 1.82) is 0 Å². The van der Waals surface area contributed by atoms with Crippen LogP contribution in [0, 0.1) is 5.92 Å². The van der Waals surface area contributed by atoms with Crippen LogP contribution in [-0.2, 0) is 6.42 Å². The first-order valence-corrected chi connectivity index (χ1v) is 8.12. The first-order chi connectivity index (χ1) is 9.47. The van der Waals surface area contributed by atoms with Crippen molar-refractivity contribution in [3.63, 3.8) is 0 Å². The van der Waals surface area contributed by atoms with Crippen molar-refractivity contribution >= 4 is 17.3 Å². The molecule has 1 fully saturated rings. The predicted molar refractivity (Wildman–Crippen MR) is 88.6 cm³/mol. The molecular formula is C17H27ClN2. The van der Waals surface area contributed by atoms with E-state index in [1.165, 1.54) is 31.4 Å². The van der Waals surface area contributed by atoms with Gasteiger partial charge < -0.3 is 10.6 Å². The molecule has 0 aliphatic heterocycles. The van der Waals surface area contributed by atoms with Gasteiger partial charge in [0.1, 0.15) is 0 Å². The molecule has 0 spiro atoms. The summed E-state index contributed by atoms with van der Waals surface area (Å²) in [5.74, 6) is 0.886. The average Bonchev–Trinajstić information content (AvgIpc) is 2.41. The van der Waals surface area contributed by atoms with Gasteiger partial charge in [-0.05, 0) is 62.6 Å². The van der Waals surface area contributed by atoms with Crippen molar-refractivity contribution in [1.82, 2.24) is 0 Å². The molecule has 2 nitrogen and oxygen atoms in total. The molecule has 0 heterocycles. The van der Waals surface area contributed by atoms with Crippen LogP contribution in [0.25, 0.3) is 0 Å². The third-order valence-corrected chi connectivity index (χ3v) is 4.87. The van der Waals surface area contributed by atoms with Crippen molar-refractivity contribution < 1.29 is 0 Å². The summed E-state index contributed by atoms with van der Waals surface area (Å²) in [7, 11) is 2.19. The lowest BCUT2D eigenvalue weighted by atomic mass is 9.86. The third kappa shape index (κ3) is 3.89. The monoisotopic (exact) mass is 294 g/mol. The fourth-order valence-corrected chi connectivity index (χ4v) is 3.36. The number of nitrogens with two attached hydrogens (primary N) is 1. The molecule has 0 bridgehead atoms. The van der Waals surface area contributed by atoms with Crippen LogP contribution in [0.3, 0.4) is 0 Å². The average molecular weight is 295 g/mol. The van der Waals surface area contributed by atoms with Crippen LogP contribution < -0.4 is 10.6 Å². The minimum Gasteiger partial charge on any atom is -0.372 e. The highest BCUT2D eigenvalue weighted by atomic mass is 35.5. The summed E-state index contributed by atoms with van der Waals surface area (Å²) < 4.78 is 0. The minimum absolute atomic E-state index is 0.149. The second kappa shape index (κ2) is 6.82. The zero-order chi connectivity index (χ0) is 14.7. The largest absolute Gasteiger partial charge is 0.372 e. The zero-order valence-electron chi connectivity index (χ0n) is 12.9. The molecule has 112 valence electrons. The molecule has 0 radical (unpaired) electrons. The Balaban J connectivity index is 2.06. The van der Waals surface area contributed by atoms with Gasteiger partial charge in [-0.3, -0.25) is 0 Å². The van der Waals surface area contributed by atoms with Gasteiger partial charge in [0.25, 0.3) is 0 Å². The van der Waals surface area contributed by atoms with E-state index >= 15 is 0 Å². The Bertz CT molecular complexity index is 437. The first-order valence-electron chi connectivity index (χ1n) is 7.74. The lowest BCUT2D eigenvalue weighted by molar-refractivity contribution is 0.341. The van der Waals surface area contributed by atoms with E-state index in [9.17, 15) is 0 Å². The lowest BCUT2D eigenvalue weighted by Crippen LogP contribution is -2.34. The highest BCUT2D eigenvalue weighted by molar-refractivity contribution is 6.31. The van der Waals surface area contributed by atoms with Crippen molar-refractivity contribution in [2.45, 2.75) is 58.0 Å². The zero-order valence-corrected chi connectivity index (χ0v) is 13.7. The SMILES string of the molecule is CC(N)Cc1ccc(N(C)C2CCC(C)CC2)cc1Cl. The number of benzene rings is 1. The summed E-state index contributed by atoms with van der Waals surface area (Å²) in [4.78, 5) is 2.40. The number of anilines is 1. The Hall–Kier alpha value is -0.730. The molecule has 3 heteroatoms. The summed E-state index contributed by atoms with van der Waals surface area (Å²) in [5, 5.41) is 0.843. The van der Waals surface area contributed by atoms with Gasteiger partial charge in [-0.25, -0.2) is 0 Å². The van der Waals surface area contributed by atoms with E-state index in [1.807, 2.05) is 6.92 Å². The second-order valence-electron chi connectivity index (χ2n) is 6.48. The first kappa shape index (κ1) is 15.7. The van der Waals surface area contributed by atoms with E-state index in [0.29, 0.717) is 6.04 Å². The van der Waals surface area contributed by atoms with Gasteiger partial charge in [0.15, 0.2) is 0 Å². The van der Waals surface area contributed by atoms with Crippen molar-refractivity contribution in [3.05, 3.63) is 28.8 Å².